The summed E-state index contributed by atoms with van der Waals surface area (Å²) < 4.78 is 88.9. The number of hydrogen-bond donors (Lipinski definition) is 2. The molecule has 0 saturated carbocycles. The molecule has 0 aliphatic carbocycles. The van der Waals surface area contributed by atoms with Crippen LogP contribution in [0.3, 0.4) is 0 Å². The summed E-state index contributed by atoms with van der Waals surface area (Å²) in [4.78, 5) is 41.3. The van der Waals surface area contributed by atoms with Gasteiger partial charge in [-0.2, -0.15) is 0 Å². The number of benzene rings is 3. The van der Waals surface area contributed by atoms with E-state index in [-0.39, 0.29) is 35.8 Å². The number of aliphatic hydroxyl groups is 2. The van der Waals surface area contributed by atoms with Crippen molar-refractivity contribution in [2.45, 2.75) is 56.8 Å². The third-order valence-corrected chi connectivity index (χ3v) is 12.0. The minimum Gasteiger partial charge on any atom is -0.394 e. The lowest BCUT2D eigenvalue weighted by atomic mass is 9.91. The van der Waals surface area contributed by atoms with Crippen LogP contribution in [0.5, 0.6) is 0 Å². The van der Waals surface area contributed by atoms with Gasteiger partial charge in [-0.25, -0.2) is 26.3 Å². The number of ether oxygens (including phenoxy) is 2. The fourth-order valence-corrected chi connectivity index (χ4v) is 8.13. The van der Waals surface area contributed by atoms with Gasteiger partial charge < -0.3 is 34.4 Å². The summed E-state index contributed by atoms with van der Waals surface area (Å²) in [5.74, 6) is -3.30. The molecule has 5 aliphatic heterocycles. The van der Waals surface area contributed by atoms with Gasteiger partial charge >= 0.3 is 0 Å². The first-order valence-electron chi connectivity index (χ1n) is 21.5. The predicted octanol–water partition coefficient (Wildman–Crippen LogP) is 6.80. The van der Waals surface area contributed by atoms with Crippen LogP contribution in [0.15, 0.2) is 72.8 Å². The minimum absolute atomic E-state index is 0.00431. The van der Waals surface area contributed by atoms with Crippen LogP contribution in [-0.4, -0.2) is 120 Å². The average Bonchev–Trinajstić information content (AvgIpc) is 4.21. The van der Waals surface area contributed by atoms with E-state index in [1.165, 1.54) is 60.7 Å². The van der Waals surface area contributed by atoms with Gasteiger partial charge in [0.15, 0.2) is 0 Å². The van der Waals surface area contributed by atoms with E-state index in [9.17, 15) is 45.8 Å². The SMILES string of the molecule is O=C(/C=C/c1cc(F)cc(F)c1)N1CCC(C2CO2)CC1.O=C(/C=C/c1cc(F)cc(F)c1)N1CCC([C@@H](O)CO)CC1.O=C(/C=C/c1cc(F)cc(F)c1)N1CCC([C@@H]2CO2)CC1. The summed E-state index contributed by atoms with van der Waals surface area (Å²) in [5.41, 5.74) is 0.987. The lowest BCUT2D eigenvalue weighted by molar-refractivity contribution is -0.128. The van der Waals surface area contributed by atoms with Gasteiger partial charge in [-0.15, -0.1) is 0 Å². The highest BCUT2D eigenvalue weighted by Crippen LogP contribution is 2.31. The van der Waals surface area contributed by atoms with E-state index < -0.39 is 41.0 Å². The zero-order valence-electron chi connectivity index (χ0n) is 35.3. The zero-order valence-corrected chi connectivity index (χ0v) is 35.3. The first kappa shape index (κ1) is 48.2. The highest BCUT2D eigenvalue weighted by Gasteiger charge is 2.36. The van der Waals surface area contributed by atoms with Gasteiger partial charge in [-0.1, -0.05) is 0 Å². The van der Waals surface area contributed by atoms with Crippen LogP contribution < -0.4 is 0 Å². The normalized spacial score (nSPS) is 21.1. The molecule has 8 rings (SSSR count). The van der Waals surface area contributed by atoms with E-state index in [2.05, 4.69) is 0 Å². The quantitative estimate of drug-likeness (QED) is 0.130. The molecule has 3 amide bonds. The maximum absolute atomic E-state index is 13.1. The Morgan fingerprint density at radius 1 is 0.516 bits per heavy atom. The molecule has 3 aromatic rings. The summed E-state index contributed by atoms with van der Waals surface area (Å²) in [7, 11) is 0. The largest absolute Gasteiger partial charge is 0.394 e. The van der Waals surface area contributed by atoms with Crippen LogP contribution in [0, 0.1) is 52.7 Å². The van der Waals surface area contributed by atoms with E-state index in [1.54, 1.807) is 14.7 Å². The number of halogens is 6. The average molecular weight is 898 g/mol. The Balaban J connectivity index is 0.000000159. The number of piperidine rings is 3. The van der Waals surface area contributed by atoms with E-state index in [1.807, 2.05) is 0 Å². The molecule has 5 saturated heterocycles. The third kappa shape index (κ3) is 15.2. The monoisotopic (exact) mass is 897 g/mol. The summed E-state index contributed by atoms with van der Waals surface area (Å²) in [6, 6.07) is 9.48. The lowest BCUT2D eigenvalue weighted by Gasteiger charge is -2.33. The lowest BCUT2D eigenvalue weighted by Crippen LogP contribution is -2.41. The van der Waals surface area contributed by atoms with Gasteiger partial charge in [0.1, 0.15) is 34.9 Å². The summed E-state index contributed by atoms with van der Waals surface area (Å²) in [6.07, 6.45) is 13.4. The van der Waals surface area contributed by atoms with E-state index in [4.69, 9.17) is 14.6 Å². The fraction of sp³-hybridized carbons (Fsp3) is 0.438. The Morgan fingerprint density at radius 2 is 0.781 bits per heavy atom. The van der Waals surface area contributed by atoms with E-state index in [0.29, 0.717) is 87.3 Å². The van der Waals surface area contributed by atoms with Crippen molar-refractivity contribution in [1.29, 1.82) is 0 Å². The second-order valence-electron chi connectivity index (χ2n) is 16.6. The van der Waals surface area contributed by atoms with Crippen molar-refractivity contribution in [3.63, 3.8) is 0 Å². The van der Waals surface area contributed by atoms with Crippen molar-refractivity contribution in [1.82, 2.24) is 14.7 Å². The molecule has 2 N–H and O–H groups in total. The number of rotatable bonds is 10. The molecule has 5 aliphatic rings. The minimum atomic E-state index is -0.747. The second-order valence-corrected chi connectivity index (χ2v) is 16.6. The smallest absolute Gasteiger partial charge is 0.246 e. The molecule has 3 aromatic carbocycles. The van der Waals surface area contributed by atoms with Crippen LogP contribution in [0.25, 0.3) is 18.2 Å². The molecule has 0 spiro atoms. The fourth-order valence-electron chi connectivity index (χ4n) is 8.13. The molecule has 0 bridgehead atoms. The Morgan fingerprint density at radius 3 is 1.03 bits per heavy atom. The first-order chi connectivity index (χ1) is 30.7. The van der Waals surface area contributed by atoms with Gasteiger partial charge in [0.05, 0.1) is 38.1 Å². The Labute approximate surface area is 368 Å². The standard InChI is InChI=1S/C16H19F2NO3.2C16H17F2NO2/c17-13-7-11(8-14(18)9-13)1-2-16(22)19-5-3-12(4-6-19)15(21)10-20;2*17-13-7-11(8-14(18)9-13)1-2-16(20)19-5-3-12(4-6-19)15-10-21-15/h1-2,7-9,12,15,20-21H,3-6,10H2;2*1-2,7-9,12,15H,3-6,10H2/b3*2-1+/t2*15-;/m00./s1. The van der Waals surface area contributed by atoms with Crippen LogP contribution in [0.1, 0.15) is 55.2 Å². The Hall–Kier alpha value is -5.29. The number of aliphatic hydroxyl groups excluding tert-OH is 2. The number of nitrogens with zero attached hydrogens (tertiary/aromatic N) is 3. The molecule has 5 heterocycles. The van der Waals surface area contributed by atoms with E-state index >= 15 is 0 Å². The predicted molar refractivity (Wildman–Crippen MR) is 227 cm³/mol. The van der Waals surface area contributed by atoms with Crippen molar-refractivity contribution < 1.29 is 60.4 Å². The maximum Gasteiger partial charge on any atom is 0.246 e. The van der Waals surface area contributed by atoms with Gasteiger partial charge in [0.2, 0.25) is 17.7 Å². The summed E-state index contributed by atoms with van der Waals surface area (Å²) in [5, 5.41) is 18.5. The molecule has 1 unspecified atom stereocenters. The first-order valence-corrected chi connectivity index (χ1v) is 21.5. The van der Waals surface area contributed by atoms with Crippen molar-refractivity contribution in [3.8, 4) is 0 Å². The number of carbonyl (C=O) groups excluding carboxylic acids is 3. The highest BCUT2D eigenvalue weighted by molar-refractivity contribution is 5.93. The second kappa shape index (κ2) is 23.1. The Kier molecular flexibility index (Phi) is 17.4. The molecule has 5 fully saturated rings. The third-order valence-electron chi connectivity index (χ3n) is 12.0. The van der Waals surface area contributed by atoms with Gasteiger partial charge in [0.25, 0.3) is 0 Å². The number of amides is 3. The van der Waals surface area contributed by atoms with Crippen molar-refractivity contribution >= 4 is 35.9 Å². The number of hydrogen-bond acceptors (Lipinski definition) is 7. The topological polar surface area (TPSA) is 126 Å². The molecule has 16 heteroatoms. The maximum atomic E-state index is 13.1. The summed E-state index contributed by atoms with van der Waals surface area (Å²) in [6.45, 7) is 5.26. The highest BCUT2D eigenvalue weighted by atomic mass is 19.2. The van der Waals surface area contributed by atoms with Crippen LogP contribution in [0.4, 0.5) is 26.3 Å². The van der Waals surface area contributed by atoms with Crippen LogP contribution >= 0.6 is 0 Å². The van der Waals surface area contributed by atoms with Crippen molar-refractivity contribution in [2.24, 2.45) is 17.8 Å². The van der Waals surface area contributed by atoms with Gasteiger partial charge in [-0.05, 0) is 128 Å². The molecule has 3 atom stereocenters. The molecule has 0 radical (unpaired) electrons. The Bertz CT molecular complexity index is 1990. The zero-order chi connectivity index (χ0) is 45.8. The van der Waals surface area contributed by atoms with Crippen LogP contribution in [0.2, 0.25) is 0 Å². The van der Waals surface area contributed by atoms with E-state index in [0.717, 1.165) is 69.2 Å². The molecule has 64 heavy (non-hydrogen) atoms. The molecule has 10 nitrogen and oxygen atoms in total. The van der Waals surface area contributed by atoms with Crippen molar-refractivity contribution in [3.05, 3.63) is 124 Å². The van der Waals surface area contributed by atoms with Crippen LogP contribution in [-0.2, 0) is 23.9 Å². The summed E-state index contributed by atoms with van der Waals surface area (Å²) >= 11 is 0. The molecule has 0 aromatic heterocycles. The molecule has 344 valence electrons. The molecular formula is C48H53F6N3O7. The number of epoxide rings is 2. The van der Waals surface area contributed by atoms with Gasteiger partial charge in [0, 0.05) is 75.7 Å². The van der Waals surface area contributed by atoms with Gasteiger partial charge in [-0.3, -0.25) is 14.4 Å². The number of likely N-dealkylation sites (tertiary alicyclic amines) is 3. The number of carbonyl (C=O) groups is 3. The van der Waals surface area contributed by atoms with Crippen molar-refractivity contribution in [2.75, 3.05) is 59.1 Å². The molecular weight excluding hydrogens is 845 g/mol.